The monoisotopic (exact) mass is 498 g/mol. The van der Waals surface area contributed by atoms with Gasteiger partial charge in [-0.05, 0) is 44.2 Å². The number of anilines is 2. The van der Waals surface area contributed by atoms with E-state index in [1.54, 1.807) is 4.68 Å². The van der Waals surface area contributed by atoms with Crippen molar-refractivity contribution in [1.82, 2.24) is 24.5 Å². The first kappa shape index (κ1) is 25.4. The van der Waals surface area contributed by atoms with E-state index in [0.717, 1.165) is 13.1 Å². The number of benzene rings is 1. The number of likely N-dealkylation sites (tertiary alicyclic amines) is 1. The molecule has 11 nitrogen and oxygen atoms in total. The summed E-state index contributed by atoms with van der Waals surface area (Å²) in [5, 5.41) is 28.1. The summed E-state index contributed by atoms with van der Waals surface area (Å²) in [4.78, 5) is 30.3. The van der Waals surface area contributed by atoms with Crippen LogP contribution in [-0.4, -0.2) is 87.0 Å². The Bertz CT molecular complexity index is 1160. The molecule has 4 rings (SSSR count). The van der Waals surface area contributed by atoms with Gasteiger partial charge in [-0.1, -0.05) is 6.92 Å². The molecule has 1 aromatic heterocycles. The summed E-state index contributed by atoms with van der Waals surface area (Å²) < 4.78 is 14.9. The highest BCUT2D eigenvalue weighted by atomic mass is 19.1. The van der Waals surface area contributed by atoms with Crippen molar-refractivity contribution < 1.29 is 19.1 Å². The first-order valence-electron chi connectivity index (χ1n) is 12.0. The smallest absolute Gasteiger partial charge is 0.408 e. The summed E-state index contributed by atoms with van der Waals surface area (Å²) in [6.45, 7) is 4.89. The van der Waals surface area contributed by atoms with Crippen molar-refractivity contribution in [3.05, 3.63) is 41.8 Å². The maximum Gasteiger partial charge on any atom is 0.408 e. The van der Waals surface area contributed by atoms with Crippen molar-refractivity contribution in [2.45, 2.75) is 31.5 Å². The third-order valence-electron chi connectivity index (χ3n) is 7.38. The maximum absolute atomic E-state index is 13.3. The second-order valence-corrected chi connectivity index (χ2v) is 9.29. The van der Waals surface area contributed by atoms with Gasteiger partial charge in [0.2, 0.25) is 0 Å². The van der Waals surface area contributed by atoms with Gasteiger partial charge in [-0.15, -0.1) is 0 Å². The second-order valence-electron chi connectivity index (χ2n) is 9.29. The quantitative estimate of drug-likeness (QED) is 0.550. The molecule has 0 saturated carbocycles. The molecular weight excluding hydrogens is 467 g/mol. The van der Waals surface area contributed by atoms with Crippen molar-refractivity contribution in [2.24, 2.45) is 11.7 Å². The average Bonchev–Trinajstić information content (AvgIpc) is 3.28. The molecule has 1 aromatic carbocycles. The molecule has 3 unspecified atom stereocenters. The molecule has 3 atom stereocenters. The number of nitrogens with one attached hydrogen (secondary N) is 1. The summed E-state index contributed by atoms with van der Waals surface area (Å²) in [6.07, 6.45) is 1.20. The number of primary amides is 1. The first-order valence-corrected chi connectivity index (χ1v) is 12.0. The summed E-state index contributed by atoms with van der Waals surface area (Å²) in [5.41, 5.74) is 5.21. The van der Waals surface area contributed by atoms with E-state index in [-0.39, 0.29) is 17.9 Å². The molecule has 36 heavy (non-hydrogen) atoms. The lowest BCUT2D eigenvalue weighted by Crippen LogP contribution is -2.71. The van der Waals surface area contributed by atoms with E-state index in [1.165, 1.54) is 35.4 Å². The predicted octanol–water partition coefficient (Wildman–Crippen LogP) is 2.28. The van der Waals surface area contributed by atoms with E-state index in [1.807, 2.05) is 14.0 Å². The Morgan fingerprint density at radius 3 is 2.47 bits per heavy atom. The number of nitriles is 1. The molecule has 2 saturated heterocycles. The van der Waals surface area contributed by atoms with E-state index in [4.69, 9.17) is 5.73 Å². The fourth-order valence-corrected chi connectivity index (χ4v) is 5.53. The number of halogens is 1. The zero-order valence-electron chi connectivity index (χ0n) is 20.4. The summed E-state index contributed by atoms with van der Waals surface area (Å²) >= 11 is 0. The molecule has 12 heteroatoms. The number of piperidine rings is 1. The number of hydrogen-bond donors (Lipinski definition) is 3. The minimum Gasteiger partial charge on any atom is -0.465 e. The van der Waals surface area contributed by atoms with Crippen LogP contribution in [0.25, 0.3) is 0 Å². The van der Waals surface area contributed by atoms with Crippen LogP contribution >= 0.6 is 0 Å². The van der Waals surface area contributed by atoms with Gasteiger partial charge in [-0.25, -0.2) is 9.18 Å². The van der Waals surface area contributed by atoms with Gasteiger partial charge in [-0.3, -0.25) is 19.3 Å². The molecule has 2 amide bonds. The molecule has 2 fully saturated rings. The number of rotatable bonds is 6. The zero-order chi connectivity index (χ0) is 26.0. The second kappa shape index (κ2) is 10.1. The van der Waals surface area contributed by atoms with Crippen molar-refractivity contribution in [1.29, 1.82) is 5.26 Å². The molecule has 0 radical (unpaired) electrons. The van der Waals surface area contributed by atoms with Crippen LogP contribution in [0.1, 0.15) is 36.2 Å². The number of amides is 2. The number of nitrogens with two attached hydrogens (primary N) is 1. The van der Waals surface area contributed by atoms with E-state index in [0.29, 0.717) is 31.6 Å². The normalized spacial score (nSPS) is 25.3. The predicted molar refractivity (Wildman–Crippen MR) is 130 cm³/mol. The molecule has 2 aliphatic rings. The number of aromatic nitrogens is 2. The number of carboxylic acid groups (broad SMARTS) is 1. The fraction of sp³-hybridized carbons (Fsp3) is 0.500. The van der Waals surface area contributed by atoms with E-state index < -0.39 is 35.4 Å². The van der Waals surface area contributed by atoms with Crippen molar-refractivity contribution in [2.75, 3.05) is 45.1 Å². The third kappa shape index (κ3) is 4.47. The number of nitrogens with zero attached hydrogens (tertiary/aromatic N) is 6. The average molecular weight is 499 g/mol. The highest BCUT2D eigenvalue weighted by Crippen LogP contribution is 2.45. The van der Waals surface area contributed by atoms with Gasteiger partial charge < -0.3 is 21.1 Å². The van der Waals surface area contributed by atoms with Gasteiger partial charge in [0.05, 0.1) is 12.1 Å². The highest BCUT2D eigenvalue weighted by molar-refractivity contribution is 5.98. The largest absolute Gasteiger partial charge is 0.465 e. The highest BCUT2D eigenvalue weighted by Gasteiger charge is 2.56. The van der Waals surface area contributed by atoms with Gasteiger partial charge in [0.15, 0.2) is 5.82 Å². The Labute approximate surface area is 208 Å². The number of piperazine rings is 1. The van der Waals surface area contributed by atoms with Crippen LogP contribution in [0.5, 0.6) is 0 Å². The summed E-state index contributed by atoms with van der Waals surface area (Å²) in [5.74, 6) is -1.67. The molecule has 2 aromatic rings. The van der Waals surface area contributed by atoms with Crippen LogP contribution < -0.4 is 11.1 Å². The summed E-state index contributed by atoms with van der Waals surface area (Å²) in [6, 6.07) is 7.49. The van der Waals surface area contributed by atoms with E-state index in [2.05, 4.69) is 26.3 Å². The van der Waals surface area contributed by atoms with Crippen LogP contribution in [0, 0.1) is 23.1 Å². The third-order valence-corrected chi connectivity index (χ3v) is 7.38. The minimum absolute atomic E-state index is 0.123. The SMILES string of the molecule is CCC1(N2CCN(C)CC2)C(C#N)C(n2cc(C(N)=O)c(Nc3ccc(F)cc3)n2)CCN1C(=O)O. The van der Waals surface area contributed by atoms with E-state index in [9.17, 15) is 24.3 Å². The molecular formula is C24H31FN8O3. The minimum atomic E-state index is -1.06. The standard InChI is InChI=1S/C24H31FN8O3/c1-3-24(31-12-10-30(2)11-13-31)19(14-26)20(8-9-32(24)23(35)36)33-15-18(21(27)34)22(29-33)28-17-6-4-16(25)5-7-17/h4-7,15,19-20H,3,8-13H2,1-2H3,(H2,27,34)(H,28,29)(H,35,36). The lowest BCUT2D eigenvalue weighted by atomic mass is 9.77. The van der Waals surface area contributed by atoms with Crippen LogP contribution in [0.4, 0.5) is 20.7 Å². The fourth-order valence-electron chi connectivity index (χ4n) is 5.53. The topological polar surface area (TPSA) is 144 Å². The Kier molecular flexibility index (Phi) is 7.14. The maximum atomic E-state index is 13.3. The van der Waals surface area contributed by atoms with Gasteiger partial charge in [-0.2, -0.15) is 10.4 Å². The Morgan fingerprint density at radius 2 is 1.92 bits per heavy atom. The van der Waals surface area contributed by atoms with E-state index >= 15 is 0 Å². The Hall–Kier alpha value is -3.69. The molecule has 2 aliphatic heterocycles. The van der Waals surface area contributed by atoms with Crippen LogP contribution in [0.3, 0.4) is 0 Å². The number of hydrogen-bond acceptors (Lipinski definition) is 7. The number of carbonyl (C=O) groups excluding carboxylic acids is 1. The number of carbonyl (C=O) groups is 2. The van der Waals surface area contributed by atoms with Crippen molar-refractivity contribution in [3.63, 3.8) is 0 Å². The number of likely N-dealkylation sites (N-methyl/N-ethyl adjacent to an activating group) is 1. The lowest BCUT2D eigenvalue weighted by Gasteiger charge is -2.57. The first-order chi connectivity index (χ1) is 17.2. The molecule has 0 aliphatic carbocycles. The van der Waals surface area contributed by atoms with Gasteiger partial charge >= 0.3 is 6.09 Å². The van der Waals surface area contributed by atoms with Crippen LogP contribution in [-0.2, 0) is 0 Å². The molecule has 3 heterocycles. The van der Waals surface area contributed by atoms with Crippen LogP contribution in [0.2, 0.25) is 0 Å². The Balaban J connectivity index is 1.74. The van der Waals surface area contributed by atoms with Crippen LogP contribution in [0.15, 0.2) is 30.5 Å². The van der Waals surface area contributed by atoms with Gasteiger partial charge in [0.25, 0.3) is 5.91 Å². The molecule has 192 valence electrons. The van der Waals surface area contributed by atoms with Gasteiger partial charge in [0.1, 0.15) is 23.0 Å². The molecule has 0 bridgehead atoms. The molecule has 0 spiro atoms. The molecule has 4 N–H and O–H groups in total. The van der Waals surface area contributed by atoms with Crippen molar-refractivity contribution in [3.8, 4) is 6.07 Å². The zero-order valence-corrected chi connectivity index (χ0v) is 20.4. The Morgan fingerprint density at radius 1 is 1.25 bits per heavy atom. The lowest BCUT2D eigenvalue weighted by molar-refractivity contribution is -0.123. The van der Waals surface area contributed by atoms with Gasteiger partial charge in [0, 0.05) is 44.6 Å². The summed E-state index contributed by atoms with van der Waals surface area (Å²) in [7, 11) is 2.02. The van der Waals surface area contributed by atoms with Crippen molar-refractivity contribution >= 4 is 23.5 Å².